The van der Waals surface area contributed by atoms with E-state index in [0.29, 0.717) is 23.7 Å². The largest absolute Gasteiger partial charge is 0.438 e. The van der Waals surface area contributed by atoms with Crippen LogP contribution in [0.2, 0.25) is 0 Å². The van der Waals surface area contributed by atoms with E-state index in [0.717, 1.165) is 24.0 Å². The van der Waals surface area contributed by atoms with E-state index in [1.165, 1.54) is 12.0 Å². The van der Waals surface area contributed by atoms with Crippen LogP contribution in [-0.4, -0.2) is 49.1 Å². The minimum Gasteiger partial charge on any atom is -0.438 e. The van der Waals surface area contributed by atoms with Crippen molar-refractivity contribution in [3.8, 4) is 0 Å². The number of aryl methyl sites for hydroxylation is 1. The molecule has 1 heterocycles. The number of hydrogen-bond acceptors (Lipinski definition) is 5. The Morgan fingerprint density at radius 1 is 1.15 bits per heavy atom. The molecule has 2 aromatic carbocycles. The van der Waals surface area contributed by atoms with Gasteiger partial charge in [0.05, 0.1) is 6.54 Å². The van der Waals surface area contributed by atoms with Crippen molar-refractivity contribution < 1.29 is 23.9 Å². The van der Waals surface area contributed by atoms with E-state index < -0.39 is 18.2 Å². The van der Waals surface area contributed by atoms with E-state index in [1.54, 1.807) is 24.3 Å². The van der Waals surface area contributed by atoms with Gasteiger partial charge in [0.2, 0.25) is 11.8 Å². The SMILES string of the molecule is COCC(=O)Nc1cccc(C2OC(=O)N(Cc3ccc(C)cc3)C2C(=O)NCC2CC2)c1. The third kappa shape index (κ3) is 5.70. The molecule has 2 atom stereocenters. The molecule has 0 spiro atoms. The van der Waals surface area contributed by atoms with Crippen molar-refractivity contribution in [3.63, 3.8) is 0 Å². The van der Waals surface area contributed by atoms with Crippen LogP contribution in [0.1, 0.15) is 35.6 Å². The highest BCUT2D eigenvalue weighted by Crippen LogP contribution is 2.35. The Labute approximate surface area is 193 Å². The maximum Gasteiger partial charge on any atom is 0.411 e. The molecule has 8 heteroatoms. The van der Waals surface area contributed by atoms with E-state index in [-0.39, 0.29) is 25.0 Å². The summed E-state index contributed by atoms with van der Waals surface area (Å²) in [6.07, 6.45) is 0.891. The lowest BCUT2D eigenvalue weighted by Gasteiger charge is -2.24. The van der Waals surface area contributed by atoms with E-state index >= 15 is 0 Å². The summed E-state index contributed by atoms with van der Waals surface area (Å²) in [4.78, 5) is 39.5. The fourth-order valence-electron chi connectivity index (χ4n) is 3.89. The Kier molecular flexibility index (Phi) is 6.93. The minimum absolute atomic E-state index is 0.0703. The van der Waals surface area contributed by atoms with Gasteiger partial charge in [-0.3, -0.25) is 14.5 Å². The molecule has 1 aliphatic heterocycles. The lowest BCUT2D eigenvalue weighted by Crippen LogP contribution is -2.46. The number of anilines is 1. The summed E-state index contributed by atoms with van der Waals surface area (Å²) in [6, 6.07) is 14.0. The van der Waals surface area contributed by atoms with Gasteiger partial charge < -0.3 is 20.1 Å². The Morgan fingerprint density at radius 3 is 2.61 bits per heavy atom. The summed E-state index contributed by atoms with van der Waals surface area (Å²) in [5.41, 5.74) is 3.21. The highest BCUT2D eigenvalue weighted by molar-refractivity contribution is 5.92. The second-order valence-electron chi connectivity index (χ2n) is 8.66. The molecule has 2 aromatic rings. The van der Waals surface area contributed by atoms with E-state index in [4.69, 9.17) is 9.47 Å². The molecule has 0 bridgehead atoms. The van der Waals surface area contributed by atoms with Crippen molar-refractivity contribution in [2.24, 2.45) is 5.92 Å². The molecule has 4 rings (SSSR count). The van der Waals surface area contributed by atoms with Crippen LogP contribution in [0.15, 0.2) is 48.5 Å². The number of nitrogens with zero attached hydrogens (tertiary/aromatic N) is 1. The van der Waals surface area contributed by atoms with Crippen molar-refractivity contribution in [2.45, 2.75) is 38.5 Å². The number of hydrogen-bond donors (Lipinski definition) is 2. The number of carbonyl (C=O) groups excluding carboxylic acids is 3. The van der Waals surface area contributed by atoms with Crippen molar-refractivity contribution in [2.75, 3.05) is 25.6 Å². The van der Waals surface area contributed by atoms with Crippen LogP contribution >= 0.6 is 0 Å². The Balaban J connectivity index is 1.58. The summed E-state index contributed by atoms with van der Waals surface area (Å²) in [5, 5.41) is 5.74. The zero-order valence-corrected chi connectivity index (χ0v) is 18.9. The van der Waals surface area contributed by atoms with E-state index in [2.05, 4.69) is 10.6 Å². The van der Waals surface area contributed by atoms with Crippen LogP contribution in [-0.2, 0) is 25.6 Å². The maximum atomic E-state index is 13.2. The summed E-state index contributed by atoms with van der Waals surface area (Å²) >= 11 is 0. The first-order valence-corrected chi connectivity index (χ1v) is 11.1. The minimum atomic E-state index is -0.817. The second kappa shape index (κ2) is 10.0. The third-order valence-electron chi connectivity index (χ3n) is 5.86. The third-order valence-corrected chi connectivity index (χ3v) is 5.86. The number of benzene rings is 2. The number of amides is 3. The molecule has 2 N–H and O–H groups in total. The molecule has 2 aliphatic rings. The van der Waals surface area contributed by atoms with Gasteiger partial charge in [-0.15, -0.1) is 0 Å². The molecule has 0 aromatic heterocycles. The van der Waals surface area contributed by atoms with Crippen LogP contribution in [0, 0.1) is 12.8 Å². The Morgan fingerprint density at radius 2 is 1.91 bits per heavy atom. The number of carbonyl (C=O) groups is 3. The van der Waals surface area contributed by atoms with Crippen LogP contribution < -0.4 is 10.6 Å². The summed E-state index contributed by atoms with van der Waals surface area (Å²) in [5.74, 6) is -0.0215. The lowest BCUT2D eigenvalue weighted by molar-refractivity contribution is -0.126. The molecule has 1 aliphatic carbocycles. The Hall–Kier alpha value is -3.39. The van der Waals surface area contributed by atoms with Gasteiger partial charge >= 0.3 is 6.09 Å². The van der Waals surface area contributed by atoms with Gasteiger partial charge in [0.25, 0.3) is 0 Å². The number of nitrogens with one attached hydrogen (secondary N) is 2. The van der Waals surface area contributed by atoms with Crippen LogP contribution in [0.5, 0.6) is 0 Å². The van der Waals surface area contributed by atoms with Gasteiger partial charge in [0, 0.05) is 19.3 Å². The molecule has 174 valence electrons. The average molecular weight is 452 g/mol. The van der Waals surface area contributed by atoms with Crippen LogP contribution in [0.25, 0.3) is 0 Å². The molecular weight excluding hydrogens is 422 g/mol. The summed E-state index contributed by atoms with van der Waals surface area (Å²) in [6.45, 7) is 2.79. The monoisotopic (exact) mass is 451 g/mol. The normalized spacial score (nSPS) is 19.8. The van der Waals surface area contributed by atoms with Crippen LogP contribution in [0.4, 0.5) is 10.5 Å². The fraction of sp³-hybridized carbons (Fsp3) is 0.400. The molecule has 33 heavy (non-hydrogen) atoms. The zero-order valence-electron chi connectivity index (χ0n) is 18.9. The number of cyclic esters (lactones) is 1. The standard InChI is InChI=1S/C25H29N3O5/c1-16-6-8-18(9-7-16)14-28-22(24(30)26-13-17-10-11-17)23(33-25(28)31)19-4-3-5-20(12-19)27-21(29)15-32-2/h3-9,12,17,22-23H,10-11,13-15H2,1-2H3,(H,26,30)(H,27,29). The van der Waals surface area contributed by atoms with Crippen molar-refractivity contribution in [1.82, 2.24) is 10.2 Å². The molecule has 1 saturated heterocycles. The van der Waals surface area contributed by atoms with Gasteiger partial charge in [-0.05, 0) is 48.9 Å². The highest BCUT2D eigenvalue weighted by atomic mass is 16.6. The lowest BCUT2D eigenvalue weighted by atomic mass is 10.00. The van der Waals surface area contributed by atoms with Gasteiger partial charge in [-0.25, -0.2) is 4.79 Å². The number of methoxy groups -OCH3 is 1. The molecule has 3 amide bonds. The van der Waals surface area contributed by atoms with Gasteiger partial charge in [0.15, 0.2) is 12.1 Å². The highest BCUT2D eigenvalue weighted by Gasteiger charge is 2.47. The first-order valence-electron chi connectivity index (χ1n) is 11.1. The maximum absolute atomic E-state index is 13.2. The number of rotatable bonds is 9. The fourth-order valence-corrected chi connectivity index (χ4v) is 3.89. The smallest absolute Gasteiger partial charge is 0.411 e. The predicted octanol–water partition coefficient (Wildman–Crippen LogP) is 3.17. The average Bonchev–Trinajstić information content (AvgIpc) is 3.57. The summed E-state index contributed by atoms with van der Waals surface area (Å²) in [7, 11) is 1.45. The second-order valence-corrected chi connectivity index (χ2v) is 8.66. The number of ether oxygens (including phenoxy) is 2. The van der Waals surface area contributed by atoms with Gasteiger partial charge in [-0.2, -0.15) is 0 Å². The van der Waals surface area contributed by atoms with E-state index in [9.17, 15) is 14.4 Å². The Bertz CT molecular complexity index is 1020. The van der Waals surface area contributed by atoms with Crippen molar-refractivity contribution in [3.05, 3.63) is 65.2 Å². The molecule has 0 radical (unpaired) electrons. The van der Waals surface area contributed by atoms with Gasteiger partial charge in [0.1, 0.15) is 6.61 Å². The zero-order chi connectivity index (χ0) is 23.4. The topological polar surface area (TPSA) is 97.0 Å². The van der Waals surface area contributed by atoms with Crippen molar-refractivity contribution >= 4 is 23.6 Å². The van der Waals surface area contributed by atoms with E-state index in [1.807, 2.05) is 31.2 Å². The first-order chi connectivity index (χ1) is 15.9. The molecule has 2 unspecified atom stereocenters. The molecule has 1 saturated carbocycles. The quantitative estimate of drug-likeness (QED) is 0.610. The van der Waals surface area contributed by atoms with Gasteiger partial charge in [-0.1, -0.05) is 42.0 Å². The summed E-state index contributed by atoms with van der Waals surface area (Å²) < 4.78 is 10.6. The molecular formula is C25H29N3O5. The van der Waals surface area contributed by atoms with Crippen molar-refractivity contribution in [1.29, 1.82) is 0 Å². The molecule has 2 fully saturated rings. The van der Waals surface area contributed by atoms with Crippen LogP contribution in [0.3, 0.4) is 0 Å². The first kappa shape index (κ1) is 22.8. The predicted molar refractivity (Wildman–Crippen MR) is 122 cm³/mol. The molecule has 8 nitrogen and oxygen atoms in total.